The Labute approximate surface area is 124 Å². The first-order chi connectivity index (χ1) is 8.21. The van der Waals surface area contributed by atoms with Crippen molar-refractivity contribution in [2.75, 3.05) is 19.6 Å². The number of guanidine groups is 1. The van der Waals surface area contributed by atoms with Crippen molar-refractivity contribution in [3.63, 3.8) is 0 Å². The van der Waals surface area contributed by atoms with Crippen LogP contribution in [0.4, 0.5) is 0 Å². The molecule has 1 rings (SSSR count). The van der Waals surface area contributed by atoms with E-state index >= 15 is 0 Å². The fourth-order valence-electron chi connectivity index (χ4n) is 1.37. The number of nitriles is 1. The fraction of sp³-hybridized carbons (Fsp3) is 0.600. The molecule has 0 aromatic carbocycles. The van der Waals surface area contributed by atoms with E-state index in [2.05, 4.69) is 15.1 Å². The Morgan fingerprint density at radius 2 is 2.22 bits per heavy atom. The van der Waals surface area contributed by atoms with Crippen LogP contribution in [0.2, 0.25) is 0 Å². The van der Waals surface area contributed by atoms with E-state index in [1.165, 1.54) is 6.33 Å². The van der Waals surface area contributed by atoms with E-state index in [9.17, 15) is 0 Å². The molecule has 0 atom stereocenters. The zero-order valence-electron chi connectivity index (χ0n) is 10.6. The van der Waals surface area contributed by atoms with Gasteiger partial charge in [-0.1, -0.05) is 0 Å². The number of hydrogen-bond acceptors (Lipinski definition) is 4. The lowest BCUT2D eigenvalue weighted by Crippen LogP contribution is -2.37. The van der Waals surface area contributed by atoms with Crippen LogP contribution in [0.1, 0.15) is 19.7 Å². The van der Waals surface area contributed by atoms with Gasteiger partial charge in [-0.15, -0.1) is 29.1 Å². The molecule has 0 unspecified atom stereocenters. The van der Waals surface area contributed by atoms with Gasteiger partial charge in [-0.05, 0) is 13.8 Å². The summed E-state index contributed by atoms with van der Waals surface area (Å²) in [5.41, 5.74) is 5.81. The number of nitrogens with two attached hydrogens (primary N) is 1. The van der Waals surface area contributed by atoms with Crippen molar-refractivity contribution in [3.05, 3.63) is 12.2 Å². The zero-order chi connectivity index (χ0) is 12.7. The Morgan fingerprint density at radius 1 is 1.56 bits per heavy atom. The summed E-state index contributed by atoms with van der Waals surface area (Å²) in [6.07, 6.45) is 1.52. The van der Waals surface area contributed by atoms with Crippen LogP contribution >= 0.6 is 24.0 Å². The third-order valence-electron chi connectivity index (χ3n) is 2.33. The highest BCUT2D eigenvalue weighted by molar-refractivity contribution is 14.0. The Balaban J connectivity index is 0.00000289. The van der Waals surface area contributed by atoms with Crippen molar-refractivity contribution in [2.45, 2.75) is 20.4 Å². The minimum Gasteiger partial charge on any atom is -0.370 e. The van der Waals surface area contributed by atoms with Gasteiger partial charge in [0.25, 0.3) is 5.82 Å². The van der Waals surface area contributed by atoms with Gasteiger partial charge in [-0.3, -0.25) is 4.99 Å². The summed E-state index contributed by atoms with van der Waals surface area (Å²) in [5.74, 6) is 0.710. The predicted molar refractivity (Wildman–Crippen MR) is 79.6 cm³/mol. The van der Waals surface area contributed by atoms with Crippen molar-refractivity contribution in [3.8, 4) is 6.07 Å². The Morgan fingerprint density at radius 3 is 2.72 bits per heavy atom. The maximum atomic E-state index is 8.56. The zero-order valence-corrected chi connectivity index (χ0v) is 12.9. The largest absolute Gasteiger partial charge is 0.370 e. The van der Waals surface area contributed by atoms with E-state index < -0.39 is 0 Å². The van der Waals surface area contributed by atoms with Crippen molar-refractivity contribution in [1.82, 2.24) is 19.7 Å². The van der Waals surface area contributed by atoms with Crippen LogP contribution in [-0.2, 0) is 6.54 Å². The molecule has 0 spiro atoms. The lowest BCUT2D eigenvalue weighted by Gasteiger charge is -2.19. The van der Waals surface area contributed by atoms with Gasteiger partial charge < -0.3 is 10.6 Å². The number of aromatic nitrogens is 3. The van der Waals surface area contributed by atoms with Crippen LogP contribution in [0, 0.1) is 11.3 Å². The van der Waals surface area contributed by atoms with Crippen LogP contribution in [-0.4, -0.2) is 45.3 Å². The molecule has 100 valence electrons. The minimum atomic E-state index is 0. The molecule has 7 nitrogen and oxygen atoms in total. The highest BCUT2D eigenvalue weighted by atomic mass is 127. The molecule has 0 amide bonds. The molecule has 18 heavy (non-hydrogen) atoms. The molecule has 0 bridgehead atoms. The minimum absolute atomic E-state index is 0. The molecule has 0 saturated carbocycles. The van der Waals surface area contributed by atoms with Gasteiger partial charge in [0.15, 0.2) is 5.96 Å². The maximum Gasteiger partial charge on any atom is 0.252 e. The Hall–Kier alpha value is -1.37. The molecule has 1 aromatic heterocycles. The third-order valence-corrected chi connectivity index (χ3v) is 2.33. The molecule has 2 N–H and O–H groups in total. The van der Waals surface area contributed by atoms with Gasteiger partial charge >= 0.3 is 0 Å². The summed E-state index contributed by atoms with van der Waals surface area (Å²) in [7, 11) is 0. The smallest absolute Gasteiger partial charge is 0.252 e. The number of halogens is 1. The second kappa shape index (κ2) is 8.68. The normalized spacial score (nSPS) is 10.6. The Kier molecular flexibility index (Phi) is 8.02. The lowest BCUT2D eigenvalue weighted by molar-refractivity contribution is 0.456. The number of nitrogens with zero attached hydrogens (tertiary/aromatic N) is 6. The van der Waals surface area contributed by atoms with Gasteiger partial charge in [-0.2, -0.15) is 5.26 Å². The van der Waals surface area contributed by atoms with E-state index in [4.69, 9.17) is 11.0 Å². The van der Waals surface area contributed by atoms with E-state index in [-0.39, 0.29) is 29.8 Å². The fourth-order valence-corrected chi connectivity index (χ4v) is 1.37. The summed E-state index contributed by atoms with van der Waals surface area (Å²) < 4.78 is 1.58. The molecule has 0 radical (unpaired) electrons. The van der Waals surface area contributed by atoms with Crippen LogP contribution in [0.15, 0.2) is 11.3 Å². The van der Waals surface area contributed by atoms with Crippen LogP contribution in [0.3, 0.4) is 0 Å². The molecular weight excluding hydrogens is 345 g/mol. The van der Waals surface area contributed by atoms with E-state index in [0.29, 0.717) is 19.0 Å². The molecule has 1 aromatic rings. The van der Waals surface area contributed by atoms with Crippen molar-refractivity contribution < 1.29 is 0 Å². The first kappa shape index (κ1) is 16.6. The third kappa shape index (κ3) is 4.87. The first-order valence-electron chi connectivity index (χ1n) is 5.55. The summed E-state index contributed by atoms with van der Waals surface area (Å²) in [6, 6.07) is 1.87. The van der Waals surface area contributed by atoms with Gasteiger partial charge in [-0.25, -0.2) is 9.67 Å². The molecule has 8 heteroatoms. The van der Waals surface area contributed by atoms with Gasteiger partial charge in [0, 0.05) is 13.1 Å². The molecule has 0 aliphatic heterocycles. The van der Waals surface area contributed by atoms with E-state index in [1.807, 2.05) is 24.8 Å². The summed E-state index contributed by atoms with van der Waals surface area (Å²) >= 11 is 0. The molecule has 0 aliphatic rings. The first-order valence-corrected chi connectivity index (χ1v) is 5.55. The second-order valence-electron chi connectivity index (χ2n) is 3.36. The average molecular weight is 363 g/mol. The number of hydrogen-bond donors (Lipinski definition) is 1. The second-order valence-corrected chi connectivity index (χ2v) is 3.36. The number of aliphatic imine (C=N–C) groups is 1. The number of rotatable bonds is 5. The molecule has 0 saturated heterocycles. The highest BCUT2D eigenvalue weighted by Gasteiger charge is 2.02. The Bertz CT molecular complexity index is 416. The van der Waals surface area contributed by atoms with Crippen molar-refractivity contribution in [2.24, 2.45) is 10.7 Å². The molecular formula is C10H18IN7. The molecule has 0 fully saturated rings. The van der Waals surface area contributed by atoms with Crippen LogP contribution < -0.4 is 5.73 Å². The van der Waals surface area contributed by atoms with E-state index in [0.717, 1.165) is 13.1 Å². The molecule has 0 aliphatic carbocycles. The topological polar surface area (TPSA) is 96.1 Å². The van der Waals surface area contributed by atoms with Crippen molar-refractivity contribution >= 4 is 29.9 Å². The van der Waals surface area contributed by atoms with Gasteiger partial charge in [0.05, 0.1) is 13.1 Å². The summed E-state index contributed by atoms with van der Waals surface area (Å²) in [5, 5.41) is 12.5. The van der Waals surface area contributed by atoms with Gasteiger partial charge in [0.1, 0.15) is 12.4 Å². The van der Waals surface area contributed by atoms with Crippen molar-refractivity contribution in [1.29, 1.82) is 5.26 Å². The lowest BCUT2D eigenvalue weighted by atomic mass is 10.5. The van der Waals surface area contributed by atoms with E-state index in [1.54, 1.807) is 4.68 Å². The highest BCUT2D eigenvalue weighted by Crippen LogP contribution is 1.90. The average Bonchev–Trinajstić information content (AvgIpc) is 2.78. The monoisotopic (exact) mass is 363 g/mol. The van der Waals surface area contributed by atoms with Crippen LogP contribution in [0.5, 0.6) is 0 Å². The molecule has 1 heterocycles. The maximum absolute atomic E-state index is 8.56. The van der Waals surface area contributed by atoms with Gasteiger partial charge in [0.2, 0.25) is 0 Å². The summed E-state index contributed by atoms with van der Waals surface area (Å²) in [6.45, 7) is 6.83. The predicted octanol–water partition coefficient (Wildman–Crippen LogP) is 0.424. The SMILES string of the molecule is CCN(CC)C(N)=NCCn1cnc(C#N)n1.I. The standard InChI is InChI=1S/C10H17N7.HI/c1-3-16(4-2)10(12)13-5-6-17-8-14-9(7-11)15-17;/h8H,3-6H2,1-2H3,(H2,12,13);1H. The summed E-state index contributed by atoms with van der Waals surface area (Å²) in [4.78, 5) is 10.0. The van der Waals surface area contributed by atoms with Crippen LogP contribution in [0.25, 0.3) is 0 Å². The quantitative estimate of drug-likeness (QED) is 0.465.